The van der Waals surface area contributed by atoms with Gasteiger partial charge in [0.25, 0.3) is 11.1 Å². The minimum absolute atomic E-state index is 0.0164. The van der Waals surface area contributed by atoms with E-state index in [0.29, 0.717) is 17.9 Å². The Morgan fingerprint density at radius 3 is 1.41 bits per heavy atom. The Kier molecular flexibility index (Phi) is 13.8. The van der Waals surface area contributed by atoms with Crippen LogP contribution in [0.1, 0.15) is 148 Å². The number of benzene rings is 2. The van der Waals surface area contributed by atoms with Crippen molar-refractivity contribution in [2.75, 3.05) is 23.7 Å². The van der Waals surface area contributed by atoms with Crippen LogP contribution >= 0.6 is 11.6 Å². The van der Waals surface area contributed by atoms with Crippen molar-refractivity contribution in [2.45, 2.75) is 131 Å². The number of anilines is 2. The van der Waals surface area contributed by atoms with Gasteiger partial charge < -0.3 is 20.9 Å². The summed E-state index contributed by atoms with van der Waals surface area (Å²) in [5, 5.41) is 8.55. The first-order valence-corrected chi connectivity index (χ1v) is 26.5. The molecule has 0 radical (unpaired) electrons. The zero-order valence-electron chi connectivity index (χ0n) is 42.1. The summed E-state index contributed by atoms with van der Waals surface area (Å²) < 4.78 is 53.5. The van der Waals surface area contributed by atoms with Gasteiger partial charge >= 0.3 is 0 Å². The third-order valence-electron chi connectivity index (χ3n) is 18.8. The summed E-state index contributed by atoms with van der Waals surface area (Å²) in [5.74, 6) is 1.81. The van der Waals surface area contributed by atoms with E-state index in [1.165, 1.54) is 75.1 Å². The van der Waals surface area contributed by atoms with E-state index in [2.05, 4.69) is 63.6 Å². The third-order valence-corrected chi connectivity index (χ3v) is 19.0. The number of hydrogen-bond acceptors (Lipinski definition) is 9. The minimum atomic E-state index is -1.12. The molecular formula is C56H65ClF4N8O4. The van der Waals surface area contributed by atoms with Gasteiger partial charge in [0.05, 0.1) is 17.9 Å². The molecule has 0 unspecified atom stereocenters. The lowest BCUT2D eigenvalue weighted by Gasteiger charge is -2.61. The zero-order chi connectivity index (χ0) is 51.6. The summed E-state index contributed by atoms with van der Waals surface area (Å²) in [6, 6.07) is 6.50. The summed E-state index contributed by atoms with van der Waals surface area (Å²) in [4.78, 5) is 69.4. The second kappa shape index (κ2) is 19.7. The quantitative estimate of drug-likeness (QED) is 0.115. The number of aromatic nitrogens is 4. The van der Waals surface area contributed by atoms with Crippen LogP contribution in [-0.4, -0.2) is 60.9 Å². The number of nitrogens with zero attached hydrogens (tertiary/aromatic N) is 5. The first-order chi connectivity index (χ1) is 34.8. The molecule has 8 aliphatic carbocycles. The normalized spacial score (nSPS) is 28.2. The molecule has 3 N–H and O–H groups in total. The molecule has 0 spiro atoms. The second-order valence-electron chi connectivity index (χ2n) is 23.7. The first-order valence-electron chi connectivity index (χ1n) is 26.1. The van der Waals surface area contributed by atoms with Crippen molar-refractivity contribution < 1.29 is 36.7 Å². The topological polar surface area (TPSA) is 159 Å². The van der Waals surface area contributed by atoms with Crippen LogP contribution in [0.15, 0.2) is 49.1 Å². The number of rotatable bonds is 8. The van der Waals surface area contributed by atoms with Crippen LogP contribution < -0.4 is 16.0 Å². The molecule has 8 fully saturated rings. The molecule has 0 saturated heterocycles. The van der Waals surface area contributed by atoms with E-state index in [4.69, 9.17) is 11.6 Å². The molecule has 14 rings (SSSR count). The Hall–Kier alpha value is -5.35. The maximum atomic E-state index is 14.2. The minimum Gasteiger partial charge on any atom is -0.332 e. The fraction of sp³-hybridized carbons (Fsp3) is 0.571. The predicted octanol–water partition coefficient (Wildman–Crippen LogP) is 10.8. The van der Waals surface area contributed by atoms with E-state index < -0.39 is 51.0 Å². The summed E-state index contributed by atoms with van der Waals surface area (Å²) >= 11 is 4.89. The molecule has 10 aliphatic rings. The molecule has 2 aliphatic heterocycles. The fourth-order valence-electron chi connectivity index (χ4n) is 15.3. The van der Waals surface area contributed by atoms with Crippen LogP contribution in [0.2, 0.25) is 0 Å². The van der Waals surface area contributed by atoms with E-state index in [0.717, 1.165) is 127 Å². The summed E-state index contributed by atoms with van der Waals surface area (Å²) in [5.41, 5.74) is 1.58. The molecule has 0 atom stereocenters. The maximum absolute atomic E-state index is 14.2. The Balaban J connectivity index is 0.000000143. The third kappa shape index (κ3) is 9.57. The number of carbonyl (C=O) groups excluding carboxylic acids is 4. The van der Waals surface area contributed by atoms with Gasteiger partial charge in [0.2, 0.25) is 11.8 Å². The van der Waals surface area contributed by atoms with Crippen molar-refractivity contribution in [3.63, 3.8) is 0 Å². The highest BCUT2D eigenvalue weighted by Crippen LogP contribution is 2.67. The lowest BCUT2D eigenvalue weighted by atomic mass is 9.43. The van der Waals surface area contributed by atoms with Gasteiger partial charge in [-0.15, -0.1) is 0 Å². The SMILES string of the molecule is CC(C)(C(=O)Nc1ncnc2c1CCN(C(=O)c1c(F)cccc1F)C2)C12CC3CC(CC(C3)C1)C2.CC(C)(C(=O)Nc1ncnc2c1CCNC2)C12CC3CC(CC(C3)C1)C2.O=C(Cl)c1c(F)cccc1F. The van der Waals surface area contributed by atoms with E-state index in [-0.39, 0.29) is 41.1 Å². The van der Waals surface area contributed by atoms with Crippen molar-refractivity contribution >= 4 is 46.2 Å². The Bertz CT molecular complexity index is 2730. The maximum Gasteiger partial charge on any atom is 0.260 e. The summed E-state index contributed by atoms with van der Waals surface area (Å²) in [7, 11) is 0. The molecule has 2 aromatic carbocycles. The fourth-order valence-corrected chi connectivity index (χ4v) is 15.5. The van der Waals surface area contributed by atoms with Gasteiger partial charge in [0.15, 0.2) is 0 Å². The number of nitrogens with one attached hydrogen (secondary N) is 3. The van der Waals surface area contributed by atoms with Crippen molar-refractivity contribution in [1.82, 2.24) is 30.2 Å². The monoisotopic (exact) mass is 1020 g/mol. The van der Waals surface area contributed by atoms with Gasteiger partial charge in [-0.25, -0.2) is 37.5 Å². The van der Waals surface area contributed by atoms with Gasteiger partial charge in [-0.3, -0.25) is 19.2 Å². The summed E-state index contributed by atoms with van der Waals surface area (Å²) in [6.45, 7) is 10.6. The number of fused-ring (bicyclic) bond motifs is 2. The largest absolute Gasteiger partial charge is 0.332 e. The Morgan fingerprint density at radius 1 is 0.603 bits per heavy atom. The highest BCUT2D eigenvalue weighted by molar-refractivity contribution is 6.67. The number of carbonyl (C=O) groups is 4. The van der Waals surface area contributed by atoms with Crippen molar-refractivity contribution in [1.29, 1.82) is 0 Å². The van der Waals surface area contributed by atoms with Crippen molar-refractivity contribution in [2.24, 2.45) is 57.2 Å². The second-order valence-corrected chi connectivity index (χ2v) is 24.1. The number of amides is 3. The standard InChI is InChI=1S/C28H32F2N4O2.C21H30N4O.C7H3ClF2O/c1-27(2,28-11-16-8-17(12-28)10-18(9-16)13-28)26(36)33-24-19-6-7-34(14-22(19)31-15-32-24)25(35)23-20(29)4-3-5-21(23)30;1-20(2,21-8-13-5-14(9-21)7-15(6-13)10-21)19(26)25-18-16-3-4-22-11-17(16)23-12-24-18;8-7(11)6-4(9)2-1-3-5(6)10/h3-5,15-18H,6-14H2,1-2H3,(H,31,32,33,36);12-15,22H,3-11H2,1-2H3,(H,23,24,25,26);1-3H. The average molecular weight is 1030 g/mol. The number of halogens is 5. The van der Waals surface area contributed by atoms with Gasteiger partial charge in [0, 0.05) is 35.0 Å². The average Bonchev–Trinajstić information content (AvgIpc) is 3.33. The molecule has 388 valence electrons. The van der Waals surface area contributed by atoms with Gasteiger partial charge in [0.1, 0.15) is 58.7 Å². The molecule has 8 saturated carbocycles. The molecule has 4 aromatic rings. The van der Waals surface area contributed by atoms with Gasteiger partial charge in [-0.1, -0.05) is 39.8 Å². The van der Waals surface area contributed by atoms with Gasteiger partial charge in [-0.05, 0) is 179 Å². The molecule has 3 amide bonds. The predicted molar refractivity (Wildman–Crippen MR) is 267 cm³/mol. The molecule has 8 bridgehead atoms. The highest BCUT2D eigenvalue weighted by atomic mass is 35.5. The van der Waals surface area contributed by atoms with Crippen LogP contribution in [0.25, 0.3) is 0 Å². The van der Waals surface area contributed by atoms with Crippen LogP contribution in [0.4, 0.5) is 29.2 Å². The van der Waals surface area contributed by atoms with Crippen LogP contribution in [0.3, 0.4) is 0 Å². The smallest absolute Gasteiger partial charge is 0.260 e. The van der Waals surface area contributed by atoms with Crippen LogP contribution in [0, 0.1) is 80.4 Å². The Morgan fingerprint density at radius 2 is 1.00 bits per heavy atom. The van der Waals surface area contributed by atoms with Gasteiger partial charge in [-0.2, -0.15) is 0 Å². The highest BCUT2D eigenvalue weighted by Gasteiger charge is 2.61. The van der Waals surface area contributed by atoms with E-state index in [9.17, 15) is 36.7 Å². The van der Waals surface area contributed by atoms with Crippen LogP contribution in [0.5, 0.6) is 0 Å². The van der Waals surface area contributed by atoms with Crippen molar-refractivity contribution in [3.05, 3.63) is 106 Å². The molecule has 17 heteroatoms. The first kappa shape index (κ1) is 51.1. The summed E-state index contributed by atoms with van der Waals surface area (Å²) in [6.07, 6.45) is 19.5. The van der Waals surface area contributed by atoms with E-state index in [1.807, 2.05) is 0 Å². The molecule has 73 heavy (non-hydrogen) atoms. The molecule has 12 nitrogen and oxygen atoms in total. The van der Waals surface area contributed by atoms with Crippen molar-refractivity contribution in [3.8, 4) is 0 Å². The molecular weight excluding hydrogens is 960 g/mol. The number of hydrogen-bond donors (Lipinski definition) is 3. The van der Waals surface area contributed by atoms with E-state index in [1.54, 1.807) is 6.33 Å². The Labute approximate surface area is 429 Å². The van der Waals surface area contributed by atoms with Crippen LogP contribution in [-0.2, 0) is 35.5 Å². The lowest BCUT2D eigenvalue weighted by Crippen LogP contribution is -2.56. The lowest BCUT2D eigenvalue weighted by molar-refractivity contribution is -0.152. The molecule has 4 heterocycles. The molecule has 2 aromatic heterocycles. The van der Waals surface area contributed by atoms with E-state index >= 15 is 0 Å². The zero-order valence-corrected chi connectivity index (χ0v) is 42.8.